The van der Waals surface area contributed by atoms with E-state index in [0.29, 0.717) is 38.5 Å². The third-order valence-electron chi connectivity index (χ3n) is 5.23. The van der Waals surface area contributed by atoms with Gasteiger partial charge in [0, 0.05) is 37.8 Å². The summed E-state index contributed by atoms with van der Waals surface area (Å²) in [7, 11) is 0. The van der Waals surface area contributed by atoms with Crippen molar-refractivity contribution in [1.29, 1.82) is 0 Å². The van der Waals surface area contributed by atoms with Gasteiger partial charge in [-0.1, -0.05) is 6.07 Å². The maximum Gasteiger partial charge on any atom is 0.260 e. The fourth-order valence-electron chi connectivity index (χ4n) is 3.51. The van der Waals surface area contributed by atoms with Gasteiger partial charge in [-0.2, -0.15) is 0 Å². The number of halogens is 1. The van der Waals surface area contributed by atoms with Crippen molar-refractivity contribution in [3.8, 4) is 22.8 Å². The molecule has 7 nitrogen and oxygen atoms in total. The molecule has 0 radical (unpaired) electrons. The molecule has 1 aliphatic rings. The van der Waals surface area contributed by atoms with E-state index in [1.165, 1.54) is 12.1 Å². The number of carbonyl (C=O) groups excluding carboxylic acids is 1. The van der Waals surface area contributed by atoms with E-state index in [2.05, 4.69) is 15.1 Å². The molecular weight excluding hydrogens is 411 g/mol. The molecule has 1 saturated heterocycles. The van der Waals surface area contributed by atoms with Gasteiger partial charge >= 0.3 is 0 Å². The second-order valence-corrected chi connectivity index (χ2v) is 7.35. The van der Waals surface area contributed by atoms with Crippen LogP contribution in [-0.4, -0.2) is 60.4 Å². The SMILES string of the molecule is CCOc1ccc(-c2ccc(N3CCN(C(=O)COc4cccc(F)c4)CC3)nn2)cc1. The quantitative estimate of drug-likeness (QED) is 0.566. The summed E-state index contributed by atoms with van der Waals surface area (Å²) in [5.41, 5.74) is 1.77. The number of piperazine rings is 1. The van der Waals surface area contributed by atoms with E-state index in [-0.39, 0.29) is 12.5 Å². The van der Waals surface area contributed by atoms with E-state index in [0.717, 1.165) is 22.8 Å². The zero-order chi connectivity index (χ0) is 22.3. The van der Waals surface area contributed by atoms with Crippen LogP contribution in [0.25, 0.3) is 11.3 Å². The van der Waals surface area contributed by atoms with Gasteiger partial charge in [-0.05, 0) is 55.5 Å². The smallest absolute Gasteiger partial charge is 0.260 e. The minimum Gasteiger partial charge on any atom is -0.494 e. The molecule has 1 aliphatic heterocycles. The van der Waals surface area contributed by atoms with Crippen LogP contribution in [-0.2, 0) is 4.79 Å². The Kier molecular flexibility index (Phi) is 6.79. The monoisotopic (exact) mass is 436 g/mol. The van der Waals surface area contributed by atoms with Gasteiger partial charge < -0.3 is 19.3 Å². The van der Waals surface area contributed by atoms with Gasteiger partial charge in [0.15, 0.2) is 12.4 Å². The number of anilines is 1. The Bertz CT molecular complexity index is 1040. The van der Waals surface area contributed by atoms with Crippen LogP contribution in [0.1, 0.15) is 6.92 Å². The number of hydrogen-bond acceptors (Lipinski definition) is 6. The Morgan fingerprint density at radius 1 is 0.938 bits per heavy atom. The summed E-state index contributed by atoms with van der Waals surface area (Å²) < 4.78 is 24.1. The molecule has 2 aromatic carbocycles. The predicted molar refractivity (Wildman–Crippen MR) is 119 cm³/mol. The molecule has 0 saturated carbocycles. The zero-order valence-electron chi connectivity index (χ0n) is 17.9. The minimum atomic E-state index is -0.391. The second-order valence-electron chi connectivity index (χ2n) is 7.35. The Morgan fingerprint density at radius 2 is 1.72 bits per heavy atom. The summed E-state index contributed by atoms with van der Waals surface area (Å²) in [5.74, 6) is 1.45. The first-order chi connectivity index (χ1) is 15.6. The lowest BCUT2D eigenvalue weighted by Crippen LogP contribution is -2.50. The molecule has 0 bridgehead atoms. The number of rotatable bonds is 7. The maximum atomic E-state index is 13.2. The van der Waals surface area contributed by atoms with Crippen LogP contribution in [0.4, 0.5) is 10.2 Å². The van der Waals surface area contributed by atoms with E-state index in [4.69, 9.17) is 9.47 Å². The fraction of sp³-hybridized carbons (Fsp3) is 0.292. The summed E-state index contributed by atoms with van der Waals surface area (Å²) in [6.07, 6.45) is 0. The Labute approximate surface area is 186 Å². The molecule has 1 fully saturated rings. The predicted octanol–water partition coefficient (Wildman–Crippen LogP) is 3.41. The molecule has 4 rings (SSSR count). The Balaban J connectivity index is 1.28. The number of hydrogen-bond donors (Lipinski definition) is 0. The third-order valence-corrected chi connectivity index (χ3v) is 5.23. The van der Waals surface area contributed by atoms with Crippen molar-refractivity contribution in [1.82, 2.24) is 15.1 Å². The Morgan fingerprint density at radius 3 is 2.38 bits per heavy atom. The van der Waals surface area contributed by atoms with E-state index in [9.17, 15) is 9.18 Å². The molecule has 3 aromatic rings. The highest BCUT2D eigenvalue weighted by atomic mass is 19.1. The minimum absolute atomic E-state index is 0.111. The number of amides is 1. The van der Waals surface area contributed by atoms with Crippen molar-refractivity contribution in [3.05, 3.63) is 66.5 Å². The van der Waals surface area contributed by atoms with Crippen LogP contribution in [0.3, 0.4) is 0 Å². The number of nitrogens with zero attached hydrogens (tertiary/aromatic N) is 4. The van der Waals surface area contributed by atoms with Crippen LogP contribution < -0.4 is 14.4 Å². The standard InChI is InChI=1S/C24H25FN4O3/c1-2-31-20-8-6-18(7-9-20)22-10-11-23(27-26-22)28-12-14-29(15-13-28)24(30)17-32-21-5-3-4-19(25)16-21/h3-11,16H,2,12-15,17H2,1H3. The molecule has 0 unspecified atom stereocenters. The fourth-order valence-corrected chi connectivity index (χ4v) is 3.51. The maximum absolute atomic E-state index is 13.2. The molecule has 1 amide bonds. The summed E-state index contributed by atoms with van der Waals surface area (Å²) in [5, 5.41) is 8.73. The first-order valence-electron chi connectivity index (χ1n) is 10.6. The van der Waals surface area contributed by atoms with Gasteiger partial charge in [0.25, 0.3) is 5.91 Å². The third kappa shape index (κ3) is 5.32. The molecule has 32 heavy (non-hydrogen) atoms. The van der Waals surface area contributed by atoms with Crippen molar-refractivity contribution in [3.63, 3.8) is 0 Å². The van der Waals surface area contributed by atoms with Crippen molar-refractivity contribution >= 4 is 11.7 Å². The van der Waals surface area contributed by atoms with Gasteiger partial charge in [0.05, 0.1) is 12.3 Å². The molecule has 8 heteroatoms. The topological polar surface area (TPSA) is 67.8 Å². The highest BCUT2D eigenvalue weighted by Crippen LogP contribution is 2.22. The molecule has 0 N–H and O–H groups in total. The molecule has 0 atom stereocenters. The van der Waals surface area contributed by atoms with E-state index in [1.807, 2.05) is 43.3 Å². The average Bonchev–Trinajstić information content (AvgIpc) is 2.84. The van der Waals surface area contributed by atoms with Crippen molar-refractivity contribution < 1.29 is 18.7 Å². The number of carbonyl (C=O) groups is 1. The van der Waals surface area contributed by atoms with Gasteiger partial charge in [0.2, 0.25) is 0 Å². The molecular formula is C24H25FN4O3. The summed E-state index contributed by atoms with van der Waals surface area (Å²) in [6, 6.07) is 17.4. The second kappa shape index (κ2) is 10.1. The van der Waals surface area contributed by atoms with E-state index >= 15 is 0 Å². The molecule has 0 spiro atoms. The van der Waals surface area contributed by atoms with Crippen molar-refractivity contribution in [2.24, 2.45) is 0 Å². The Hall–Kier alpha value is -3.68. The summed E-state index contributed by atoms with van der Waals surface area (Å²) in [6.45, 7) is 4.91. The van der Waals surface area contributed by atoms with Crippen molar-refractivity contribution in [2.45, 2.75) is 6.92 Å². The lowest BCUT2D eigenvalue weighted by atomic mass is 10.1. The lowest BCUT2D eigenvalue weighted by molar-refractivity contribution is -0.133. The lowest BCUT2D eigenvalue weighted by Gasteiger charge is -2.35. The first kappa shape index (κ1) is 21.5. The number of ether oxygens (including phenoxy) is 2. The van der Waals surface area contributed by atoms with Crippen LogP contribution in [0.2, 0.25) is 0 Å². The van der Waals surface area contributed by atoms with Gasteiger partial charge in [0.1, 0.15) is 17.3 Å². The van der Waals surface area contributed by atoms with Crippen LogP contribution in [0.15, 0.2) is 60.7 Å². The van der Waals surface area contributed by atoms with Gasteiger partial charge in [-0.15, -0.1) is 10.2 Å². The van der Waals surface area contributed by atoms with Crippen molar-refractivity contribution in [2.75, 3.05) is 44.3 Å². The van der Waals surface area contributed by atoms with Crippen LogP contribution in [0, 0.1) is 5.82 Å². The highest BCUT2D eigenvalue weighted by molar-refractivity contribution is 5.78. The van der Waals surface area contributed by atoms with Gasteiger partial charge in [-0.25, -0.2) is 4.39 Å². The number of aromatic nitrogens is 2. The summed E-state index contributed by atoms with van der Waals surface area (Å²) in [4.78, 5) is 16.3. The number of benzene rings is 2. The average molecular weight is 436 g/mol. The van der Waals surface area contributed by atoms with Gasteiger partial charge in [-0.3, -0.25) is 4.79 Å². The largest absolute Gasteiger partial charge is 0.494 e. The summed E-state index contributed by atoms with van der Waals surface area (Å²) >= 11 is 0. The highest BCUT2D eigenvalue weighted by Gasteiger charge is 2.22. The normalized spacial score (nSPS) is 13.7. The zero-order valence-corrected chi connectivity index (χ0v) is 17.9. The van der Waals surface area contributed by atoms with E-state index in [1.54, 1.807) is 17.0 Å². The first-order valence-corrected chi connectivity index (χ1v) is 10.6. The molecule has 0 aliphatic carbocycles. The van der Waals surface area contributed by atoms with Crippen LogP contribution in [0.5, 0.6) is 11.5 Å². The molecule has 2 heterocycles. The van der Waals surface area contributed by atoms with Crippen LogP contribution >= 0.6 is 0 Å². The molecule has 166 valence electrons. The molecule has 1 aromatic heterocycles. The van der Waals surface area contributed by atoms with E-state index < -0.39 is 5.82 Å².